The van der Waals surface area contributed by atoms with Crippen LogP contribution in [-0.2, 0) is 0 Å². The number of hydrogen-bond donors (Lipinski definition) is 2. The normalized spacial score (nSPS) is 11.4. The van der Waals surface area contributed by atoms with Crippen LogP contribution in [0.3, 0.4) is 0 Å². The van der Waals surface area contributed by atoms with E-state index in [0.717, 1.165) is 27.4 Å². The molecule has 7 heteroatoms. The first-order chi connectivity index (χ1) is 10.7. The van der Waals surface area contributed by atoms with E-state index in [0.29, 0.717) is 5.11 Å². The van der Waals surface area contributed by atoms with Gasteiger partial charge in [0, 0.05) is 17.0 Å². The number of hydrogen-bond acceptors (Lipinski definition) is 5. The molecule has 0 aliphatic rings. The van der Waals surface area contributed by atoms with Gasteiger partial charge in [-0.3, -0.25) is 5.43 Å². The van der Waals surface area contributed by atoms with Gasteiger partial charge in [0.05, 0.1) is 16.9 Å². The van der Waals surface area contributed by atoms with Crippen LogP contribution in [0.2, 0.25) is 0 Å². The van der Waals surface area contributed by atoms with Crippen molar-refractivity contribution in [3.8, 4) is 0 Å². The van der Waals surface area contributed by atoms with Crippen LogP contribution < -0.4 is 10.7 Å². The molecule has 0 saturated heterocycles. The summed E-state index contributed by atoms with van der Waals surface area (Å²) in [6.07, 6.45) is 1.71. The lowest BCUT2D eigenvalue weighted by atomic mass is 10.2. The highest BCUT2D eigenvalue weighted by atomic mass is 32.1. The van der Waals surface area contributed by atoms with Gasteiger partial charge in [0.15, 0.2) is 10.2 Å². The Hall–Kier alpha value is -2.38. The predicted molar refractivity (Wildman–Crippen MR) is 95.4 cm³/mol. The number of fused-ring (bicyclic) bond motifs is 1. The van der Waals surface area contributed by atoms with Gasteiger partial charge < -0.3 is 5.32 Å². The van der Waals surface area contributed by atoms with Gasteiger partial charge >= 0.3 is 0 Å². The zero-order chi connectivity index (χ0) is 15.4. The largest absolute Gasteiger partial charge is 0.307 e. The molecule has 0 spiro atoms. The van der Waals surface area contributed by atoms with Gasteiger partial charge in [0.2, 0.25) is 0 Å². The summed E-state index contributed by atoms with van der Waals surface area (Å²) >= 11 is 6.64. The van der Waals surface area contributed by atoms with Crippen LogP contribution in [0.15, 0.2) is 53.1 Å². The van der Waals surface area contributed by atoms with E-state index in [9.17, 15) is 0 Å². The molecule has 0 bridgehead atoms. The molecule has 0 unspecified atom stereocenters. The van der Waals surface area contributed by atoms with Gasteiger partial charge in [-0.15, -0.1) is 11.3 Å². The summed E-state index contributed by atoms with van der Waals surface area (Å²) in [6.45, 7) is 1.89. The fourth-order valence-corrected chi connectivity index (χ4v) is 2.61. The summed E-state index contributed by atoms with van der Waals surface area (Å²) in [7, 11) is 0. The monoisotopic (exact) mass is 327 g/mol. The van der Waals surface area contributed by atoms with E-state index in [1.165, 1.54) is 11.3 Å². The fraction of sp³-hybridized carbons (Fsp3) is 0.0667. The van der Waals surface area contributed by atoms with Crippen molar-refractivity contribution in [2.24, 2.45) is 5.10 Å². The Morgan fingerprint density at radius 3 is 2.91 bits per heavy atom. The van der Waals surface area contributed by atoms with Crippen molar-refractivity contribution >= 4 is 50.4 Å². The number of nitrogens with one attached hydrogen (secondary N) is 2. The number of thiazole rings is 1. The number of pyridine rings is 1. The first-order valence-electron chi connectivity index (χ1n) is 6.59. The van der Waals surface area contributed by atoms with Crippen LogP contribution >= 0.6 is 23.6 Å². The third-order valence-electron chi connectivity index (χ3n) is 2.95. The third-order valence-corrected chi connectivity index (χ3v) is 3.83. The minimum atomic E-state index is 0.398. The molecule has 0 radical (unpaired) electrons. The van der Waals surface area contributed by atoms with Gasteiger partial charge in [-0.1, -0.05) is 24.3 Å². The maximum Gasteiger partial charge on any atom is 0.193 e. The standard InChI is InChI=1S/C15H13N5S2/c1-10(19-20-14(21)18-15-16-8-9-22-15)12-7-6-11-4-2-3-5-13(11)17-12/h2-9H,1H3,(H2,16,18,20,21). The highest BCUT2D eigenvalue weighted by Crippen LogP contribution is 2.12. The zero-order valence-corrected chi connectivity index (χ0v) is 13.4. The molecule has 0 saturated carbocycles. The van der Waals surface area contributed by atoms with Crippen molar-refractivity contribution in [2.45, 2.75) is 6.92 Å². The molecule has 0 amide bonds. The molecule has 3 aromatic rings. The molecule has 0 atom stereocenters. The zero-order valence-electron chi connectivity index (χ0n) is 11.8. The van der Waals surface area contributed by atoms with Crippen LogP contribution in [0.1, 0.15) is 12.6 Å². The first-order valence-corrected chi connectivity index (χ1v) is 7.88. The van der Waals surface area contributed by atoms with Crippen molar-refractivity contribution in [3.63, 3.8) is 0 Å². The number of rotatable bonds is 3. The van der Waals surface area contributed by atoms with E-state index >= 15 is 0 Å². The second-order valence-corrected chi connectivity index (χ2v) is 5.79. The van der Waals surface area contributed by atoms with Crippen molar-refractivity contribution in [3.05, 3.63) is 53.7 Å². The minimum absolute atomic E-state index is 0.398. The summed E-state index contributed by atoms with van der Waals surface area (Å²) in [6, 6.07) is 12.0. The maximum absolute atomic E-state index is 5.16. The van der Waals surface area contributed by atoms with Crippen LogP contribution in [0, 0.1) is 0 Å². The number of para-hydroxylation sites is 1. The molecule has 0 aliphatic heterocycles. The van der Waals surface area contributed by atoms with Gasteiger partial charge in [0.25, 0.3) is 0 Å². The Morgan fingerprint density at radius 2 is 2.09 bits per heavy atom. The number of hydrazone groups is 1. The lowest BCUT2D eigenvalue weighted by molar-refractivity contribution is 1.03. The Bertz CT molecular complexity index is 827. The van der Waals surface area contributed by atoms with Gasteiger partial charge in [-0.25, -0.2) is 9.97 Å². The summed E-state index contributed by atoms with van der Waals surface area (Å²) in [4.78, 5) is 8.68. The first kappa shape index (κ1) is 14.6. The van der Waals surface area contributed by atoms with Crippen LogP contribution in [-0.4, -0.2) is 20.8 Å². The van der Waals surface area contributed by atoms with E-state index in [1.54, 1.807) is 6.20 Å². The highest BCUT2D eigenvalue weighted by Gasteiger charge is 2.03. The second-order valence-electron chi connectivity index (χ2n) is 4.49. The summed E-state index contributed by atoms with van der Waals surface area (Å²) < 4.78 is 0. The molecule has 5 nitrogen and oxygen atoms in total. The van der Waals surface area contributed by atoms with E-state index in [1.807, 2.05) is 48.7 Å². The maximum atomic E-state index is 5.16. The SMILES string of the molecule is CC(=NNC(=S)Nc1nccs1)c1ccc2ccccc2n1. The molecule has 3 rings (SSSR count). The van der Waals surface area contributed by atoms with Gasteiger partial charge in [0.1, 0.15) is 0 Å². The van der Waals surface area contributed by atoms with Crippen molar-refractivity contribution in [1.29, 1.82) is 0 Å². The predicted octanol–water partition coefficient (Wildman–Crippen LogP) is 3.40. The smallest absolute Gasteiger partial charge is 0.193 e. The minimum Gasteiger partial charge on any atom is -0.307 e. The van der Waals surface area contributed by atoms with Crippen molar-refractivity contribution in [1.82, 2.24) is 15.4 Å². The lowest BCUT2D eigenvalue weighted by Gasteiger charge is -2.06. The molecule has 110 valence electrons. The van der Waals surface area contributed by atoms with E-state index in [4.69, 9.17) is 12.2 Å². The van der Waals surface area contributed by atoms with Crippen LogP contribution in [0.5, 0.6) is 0 Å². The number of thiocarbonyl (C=S) groups is 1. The number of nitrogens with zero attached hydrogens (tertiary/aromatic N) is 3. The molecule has 2 heterocycles. The Morgan fingerprint density at radius 1 is 1.23 bits per heavy atom. The Kier molecular flexibility index (Phi) is 4.36. The van der Waals surface area contributed by atoms with E-state index < -0.39 is 0 Å². The second kappa shape index (κ2) is 6.59. The van der Waals surface area contributed by atoms with Crippen LogP contribution in [0.25, 0.3) is 10.9 Å². The highest BCUT2D eigenvalue weighted by molar-refractivity contribution is 7.80. The van der Waals surface area contributed by atoms with Crippen LogP contribution in [0.4, 0.5) is 5.13 Å². The lowest BCUT2D eigenvalue weighted by Crippen LogP contribution is -2.25. The number of anilines is 1. The molecule has 0 aliphatic carbocycles. The number of benzene rings is 1. The molecular formula is C15H13N5S2. The molecule has 1 aromatic carbocycles. The average Bonchev–Trinajstić information content (AvgIpc) is 3.05. The molecule has 0 fully saturated rings. The Balaban J connectivity index is 1.71. The summed E-state index contributed by atoms with van der Waals surface area (Å²) in [5.41, 5.74) is 5.31. The molecule has 2 N–H and O–H groups in total. The summed E-state index contributed by atoms with van der Waals surface area (Å²) in [5.74, 6) is 0. The third kappa shape index (κ3) is 3.44. The number of aromatic nitrogens is 2. The van der Waals surface area contributed by atoms with Gasteiger partial charge in [-0.2, -0.15) is 5.10 Å². The fourth-order valence-electron chi connectivity index (χ4n) is 1.87. The van der Waals surface area contributed by atoms with E-state index in [-0.39, 0.29) is 0 Å². The average molecular weight is 327 g/mol. The Labute approximate surface area is 137 Å². The quantitative estimate of drug-likeness (QED) is 0.438. The van der Waals surface area contributed by atoms with E-state index in [2.05, 4.69) is 25.8 Å². The topological polar surface area (TPSA) is 62.2 Å². The molecular weight excluding hydrogens is 314 g/mol. The van der Waals surface area contributed by atoms with Gasteiger partial charge in [-0.05, 0) is 31.3 Å². The van der Waals surface area contributed by atoms with Crippen molar-refractivity contribution in [2.75, 3.05) is 5.32 Å². The molecule has 2 aromatic heterocycles. The molecule has 22 heavy (non-hydrogen) atoms. The summed E-state index contributed by atoms with van der Waals surface area (Å²) in [5, 5.41) is 11.3. The van der Waals surface area contributed by atoms with Crippen molar-refractivity contribution < 1.29 is 0 Å².